The van der Waals surface area contributed by atoms with Gasteiger partial charge in [-0.15, -0.1) is 0 Å². The largest absolute Gasteiger partial charge is 0.350 e. The van der Waals surface area contributed by atoms with E-state index in [1.807, 2.05) is 4.57 Å². The molecule has 1 N–H and O–H groups in total. The van der Waals surface area contributed by atoms with Gasteiger partial charge in [-0.3, -0.25) is 9.59 Å². The fraction of sp³-hybridized carbons (Fsp3) is 0.400. The maximum atomic E-state index is 14.1. The second kappa shape index (κ2) is 7.98. The molecule has 0 unspecified atom stereocenters. The molecule has 0 radical (unpaired) electrons. The zero-order valence-electron chi connectivity index (χ0n) is 15.0. The predicted octanol–water partition coefficient (Wildman–Crippen LogP) is 3.43. The molecule has 7 heteroatoms. The highest BCUT2D eigenvalue weighted by atomic mass is 19.3. The summed E-state index contributed by atoms with van der Waals surface area (Å²) in [5.74, 6) is -0.941. The van der Waals surface area contributed by atoms with Crippen LogP contribution in [0.4, 0.5) is 13.2 Å². The average molecular weight is 378 g/mol. The highest BCUT2D eigenvalue weighted by Gasteiger charge is 2.29. The van der Waals surface area contributed by atoms with Gasteiger partial charge in [-0.1, -0.05) is 18.2 Å². The molecule has 0 saturated carbocycles. The van der Waals surface area contributed by atoms with E-state index in [1.165, 1.54) is 6.07 Å². The number of benzene rings is 1. The molecule has 1 heterocycles. The quantitative estimate of drug-likeness (QED) is 0.837. The summed E-state index contributed by atoms with van der Waals surface area (Å²) in [5, 5.41) is 2.18. The van der Waals surface area contributed by atoms with Crippen LogP contribution in [-0.4, -0.2) is 29.2 Å². The van der Waals surface area contributed by atoms with Gasteiger partial charge in [-0.05, 0) is 31.4 Å². The normalized spacial score (nSPS) is 13.7. The summed E-state index contributed by atoms with van der Waals surface area (Å²) >= 11 is 0. The Bertz CT molecular complexity index is 874. The fourth-order valence-electron chi connectivity index (χ4n) is 3.63. The summed E-state index contributed by atoms with van der Waals surface area (Å²) in [5.41, 5.74) is 3.04. The molecule has 1 aliphatic rings. The number of Topliss-reactive ketones (excluding diaryl/α,β-unsaturated/α-hetero) is 1. The standard InChI is InChI=1S/C20H21F3N2O2/c1-12-14(9-19(27)24-10-18(22)23)20-16(7-4-8-17(20)26)25(12)11-13-5-2-3-6-15(13)21/h2-3,5-6,18H,4,7-11H2,1H3,(H,24,27). The van der Waals surface area contributed by atoms with Crippen LogP contribution < -0.4 is 5.32 Å². The number of fused-ring (bicyclic) bond motifs is 1. The van der Waals surface area contributed by atoms with Crippen molar-refractivity contribution in [3.63, 3.8) is 0 Å². The van der Waals surface area contributed by atoms with E-state index in [0.717, 1.165) is 5.69 Å². The van der Waals surface area contributed by atoms with Crippen molar-refractivity contribution in [1.29, 1.82) is 0 Å². The van der Waals surface area contributed by atoms with Crippen molar-refractivity contribution in [1.82, 2.24) is 9.88 Å². The Kier molecular flexibility index (Phi) is 5.68. The van der Waals surface area contributed by atoms with E-state index in [0.29, 0.717) is 41.6 Å². The number of carbonyl (C=O) groups excluding carboxylic acids is 2. The Balaban J connectivity index is 1.96. The summed E-state index contributed by atoms with van der Waals surface area (Å²) in [6.45, 7) is 1.32. The lowest BCUT2D eigenvalue weighted by Crippen LogP contribution is -2.30. The number of rotatable bonds is 6. The molecule has 0 fully saturated rings. The number of hydrogen-bond acceptors (Lipinski definition) is 2. The van der Waals surface area contributed by atoms with Crippen LogP contribution in [0.15, 0.2) is 24.3 Å². The molecule has 0 spiro atoms. The number of nitrogens with one attached hydrogen (secondary N) is 1. The highest BCUT2D eigenvalue weighted by Crippen LogP contribution is 2.31. The van der Waals surface area contributed by atoms with Gasteiger partial charge in [0.25, 0.3) is 6.43 Å². The SMILES string of the molecule is Cc1c(CC(=O)NCC(F)F)c2c(n1Cc1ccccc1F)CCCC2=O. The first-order chi connectivity index (χ1) is 12.9. The lowest BCUT2D eigenvalue weighted by atomic mass is 9.92. The third-order valence-corrected chi connectivity index (χ3v) is 4.93. The zero-order chi connectivity index (χ0) is 19.6. The van der Waals surface area contributed by atoms with Crippen LogP contribution in [0.1, 0.15) is 45.7 Å². The molecule has 0 aliphatic heterocycles. The minimum Gasteiger partial charge on any atom is -0.350 e. The van der Waals surface area contributed by atoms with Crippen LogP contribution in [-0.2, 0) is 24.2 Å². The maximum Gasteiger partial charge on any atom is 0.255 e. The molecule has 1 aromatic heterocycles. The minimum atomic E-state index is -2.63. The Hall–Kier alpha value is -2.57. The maximum absolute atomic E-state index is 14.1. The van der Waals surface area contributed by atoms with Gasteiger partial charge in [0.15, 0.2) is 5.78 Å². The number of amides is 1. The molecule has 2 aromatic rings. The number of halogens is 3. The van der Waals surface area contributed by atoms with Crippen molar-refractivity contribution in [3.05, 3.63) is 58.2 Å². The van der Waals surface area contributed by atoms with Crippen molar-refractivity contribution in [3.8, 4) is 0 Å². The van der Waals surface area contributed by atoms with E-state index < -0.39 is 18.9 Å². The molecule has 27 heavy (non-hydrogen) atoms. The molecule has 1 aromatic carbocycles. The van der Waals surface area contributed by atoms with E-state index >= 15 is 0 Å². The van der Waals surface area contributed by atoms with Crippen molar-refractivity contribution in [2.24, 2.45) is 0 Å². The molecule has 144 valence electrons. The van der Waals surface area contributed by atoms with Crippen LogP contribution in [0.3, 0.4) is 0 Å². The van der Waals surface area contributed by atoms with Gasteiger partial charge in [-0.25, -0.2) is 13.2 Å². The van der Waals surface area contributed by atoms with Gasteiger partial charge < -0.3 is 9.88 Å². The molecule has 0 atom stereocenters. The number of carbonyl (C=O) groups is 2. The number of ketones is 1. The van der Waals surface area contributed by atoms with Crippen molar-refractivity contribution < 1.29 is 22.8 Å². The third-order valence-electron chi connectivity index (χ3n) is 4.93. The molecule has 4 nitrogen and oxygen atoms in total. The molecular formula is C20H21F3N2O2. The Morgan fingerprint density at radius 2 is 2.00 bits per heavy atom. The second-order valence-corrected chi connectivity index (χ2v) is 6.71. The van der Waals surface area contributed by atoms with Gasteiger partial charge in [0.05, 0.1) is 19.5 Å². The van der Waals surface area contributed by atoms with Crippen LogP contribution in [0, 0.1) is 12.7 Å². The topological polar surface area (TPSA) is 51.1 Å². The smallest absolute Gasteiger partial charge is 0.255 e. The van der Waals surface area contributed by atoms with Gasteiger partial charge in [0, 0.05) is 28.9 Å². The summed E-state index contributed by atoms with van der Waals surface area (Å²) in [6, 6.07) is 6.41. The van der Waals surface area contributed by atoms with Gasteiger partial charge >= 0.3 is 0 Å². The summed E-state index contributed by atoms with van der Waals surface area (Å²) < 4.78 is 40.6. The first-order valence-corrected chi connectivity index (χ1v) is 8.90. The average Bonchev–Trinajstić information content (AvgIpc) is 2.88. The van der Waals surface area contributed by atoms with E-state index in [1.54, 1.807) is 25.1 Å². The second-order valence-electron chi connectivity index (χ2n) is 6.71. The molecule has 0 saturated heterocycles. The van der Waals surface area contributed by atoms with E-state index in [9.17, 15) is 22.8 Å². The molecule has 0 bridgehead atoms. The lowest BCUT2D eigenvalue weighted by Gasteiger charge is -2.16. The summed E-state index contributed by atoms with van der Waals surface area (Å²) in [7, 11) is 0. The van der Waals surface area contributed by atoms with Crippen molar-refractivity contribution >= 4 is 11.7 Å². The van der Waals surface area contributed by atoms with Crippen LogP contribution in [0.25, 0.3) is 0 Å². The van der Waals surface area contributed by atoms with E-state index in [4.69, 9.17) is 0 Å². The monoisotopic (exact) mass is 378 g/mol. The van der Waals surface area contributed by atoms with E-state index in [2.05, 4.69) is 5.32 Å². The zero-order valence-corrected chi connectivity index (χ0v) is 15.0. The Labute approximate surface area is 155 Å². The lowest BCUT2D eigenvalue weighted by molar-refractivity contribution is -0.121. The highest BCUT2D eigenvalue weighted by molar-refractivity contribution is 6.01. The van der Waals surface area contributed by atoms with Crippen molar-refractivity contribution in [2.45, 2.75) is 45.6 Å². The van der Waals surface area contributed by atoms with Gasteiger partial charge in [0.1, 0.15) is 5.82 Å². The summed E-state index contributed by atoms with van der Waals surface area (Å²) in [6.07, 6.45) is -1.02. The fourth-order valence-corrected chi connectivity index (χ4v) is 3.63. The Morgan fingerprint density at radius 3 is 2.70 bits per heavy atom. The summed E-state index contributed by atoms with van der Waals surface area (Å²) in [4.78, 5) is 24.6. The number of aromatic nitrogens is 1. The van der Waals surface area contributed by atoms with Crippen LogP contribution in [0.2, 0.25) is 0 Å². The number of hydrogen-bond donors (Lipinski definition) is 1. The molecule has 1 amide bonds. The number of alkyl halides is 2. The molecular weight excluding hydrogens is 357 g/mol. The minimum absolute atomic E-state index is 0.0525. The number of nitrogens with zero attached hydrogens (tertiary/aromatic N) is 1. The molecule has 1 aliphatic carbocycles. The third kappa shape index (κ3) is 4.07. The predicted molar refractivity (Wildman–Crippen MR) is 94.7 cm³/mol. The van der Waals surface area contributed by atoms with Gasteiger partial charge in [0.2, 0.25) is 5.91 Å². The molecule has 3 rings (SSSR count). The first kappa shape index (κ1) is 19.2. The first-order valence-electron chi connectivity index (χ1n) is 8.90. The van der Waals surface area contributed by atoms with E-state index in [-0.39, 0.29) is 24.6 Å². The van der Waals surface area contributed by atoms with Crippen LogP contribution >= 0.6 is 0 Å². The van der Waals surface area contributed by atoms with Gasteiger partial charge in [-0.2, -0.15) is 0 Å². The van der Waals surface area contributed by atoms with Crippen LogP contribution in [0.5, 0.6) is 0 Å². The Morgan fingerprint density at radius 1 is 1.26 bits per heavy atom. The van der Waals surface area contributed by atoms with Crippen molar-refractivity contribution in [2.75, 3.05) is 6.54 Å².